The molecule has 0 spiro atoms. The molecule has 9 heteroatoms. The molecule has 0 radical (unpaired) electrons. The molecule has 2 aromatic carbocycles. The molecule has 0 aliphatic rings. The van der Waals surface area contributed by atoms with Crippen molar-refractivity contribution in [3.05, 3.63) is 47.5 Å². The number of sulfonamides is 1. The number of carbonyl (C=O) groups is 1. The number of nitrogens with zero attached hydrogens (tertiary/aromatic N) is 1. The monoisotopic (exact) mass is 405 g/mol. The molecule has 7 nitrogen and oxygen atoms in total. The van der Waals surface area contributed by atoms with Crippen LogP contribution in [0.3, 0.4) is 0 Å². The van der Waals surface area contributed by atoms with Crippen molar-refractivity contribution >= 4 is 43.2 Å². The van der Waals surface area contributed by atoms with Crippen LogP contribution in [0, 0.1) is 6.92 Å². The number of aromatic nitrogens is 1. The van der Waals surface area contributed by atoms with Gasteiger partial charge >= 0.3 is 0 Å². The van der Waals surface area contributed by atoms with Gasteiger partial charge in [0.1, 0.15) is 5.75 Å². The normalized spacial score (nSPS) is 12.7. The van der Waals surface area contributed by atoms with Gasteiger partial charge in [-0.25, -0.2) is 13.4 Å². The molecule has 3 rings (SSSR count). The topological polar surface area (TPSA) is 97.4 Å². The van der Waals surface area contributed by atoms with Crippen molar-refractivity contribution < 1.29 is 17.9 Å². The van der Waals surface area contributed by atoms with E-state index >= 15 is 0 Å². The summed E-state index contributed by atoms with van der Waals surface area (Å²) in [7, 11) is -2.33. The molecule has 0 bridgehead atoms. The molecule has 0 unspecified atom stereocenters. The molecule has 27 heavy (non-hydrogen) atoms. The van der Waals surface area contributed by atoms with Crippen molar-refractivity contribution in [3.8, 4) is 5.75 Å². The van der Waals surface area contributed by atoms with Crippen LogP contribution in [0.15, 0.2) is 47.4 Å². The van der Waals surface area contributed by atoms with Crippen LogP contribution in [0.5, 0.6) is 5.75 Å². The standard InChI is InChI=1S/C18H19N3O4S2/c1-11(21-27(23,24)15-7-5-14(25-3)6-8-15)18(22)20-13-4-9-16-17(10-13)26-12(2)19-16/h4-11,21H,1-3H3,(H,20,22)/t11-/m0/s1. The van der Waals surface area contributed by atoms with Gasteiger partial charge in [-0.05, 0) is 56.3 Å². The zero-order valence-corrected chi connectivity index (χ0v) is 16.6. The minimum Gasteiger partial charge on any atom is -0.497 e. The van der Waals surface area contributed by atoms with Crippen molar-refractivity contribution in [2.45, 2.75) is 24.8 Å². The fraction of sp³-hybridized carbons (Fsp3) is 0.222. The average Bonchev–Trinajstić information content (AvgIpc) is 3.00. The number of methoxy groups -OCH3 is 1. The van der Waals surface area contributed by atoms with Crippen LogP contribution in [0.25, 0.3) is 10.2 Å². The van der Waals surface area contributed by atoms with Gasteiger partial charge in [0.2, 0.25) is 15.9 Å². The van der Waals surface area contributed by atoms with Crippen LogP contribution in [-0.2, 0) is 14.8 Å². The second kappa shape index (κ2) is 7.63. The number of benzene rings is 2. The first-order valence-corrected chi connectivity index (χ1v) is 10.4. The SMILES string of the molecule is COc1ccc(S(=O)(=O)N[C@@H](C)C(=O)Nc2ccc3nc(C)sc3c2)cc1. The molecule has 1 amide bonds. The molecule has 2 N–H and O–H groups in total. The first kappa shape index (κ1) is 19.3. The van der Waals surface area contributed by atoms with Crippen molar-refractivity contribution in [2.75, 3.05) is 12.4 Å². The highest BCUT2D eigenvalue weighted by atomic mass is 32.2. The fourth-order valence-corrected chi connectivity index (χ4v) is 4.55. The number of amides is 1. The molecule has 1 atom stereocenters. The molecule has 1 aromatic heterocycles. The maximum atomic E-state index is 12.4. The van der Waals surface area contributed by atoms with Gasteiger partial charge in [-0.3, -0.25) is 4.79 Å². The van der Waals surface area contributed by atoms with Gasteiger partial charge in [-0.1, -0.05) is 0 Å². The summed E-state index contributed by atoms with van der Waals surface area (Å²) in [5, 5.41) is 3.67. The summed E-state index contributed by atoms with van der Waals surface area (Å²) in [5.41, 5.74) is 1.45. The Bertz CT molecular complexity index is 1080. The van der Waals surface area contributed by atoms with Crippen LogP contribution < -0.4 is 14.8 Å². The first-order chi connectivity index (χ1) is 12.8. The van der Waals surface area contributed by atoms with E-state index in [1.54, 1.807) is 18.2 Å². The van der Waals surface area contributed by atoms with Crippen LogP contribution in [0.4, 0.5) is 5.69 Å². The smallest absolute Gasteiger partial charge is 0.242 e. The van der Waals surface area contributed by atoms with Crippen molar-refractivity contribution in [1.82, 2.24) is 9.71 Å². The molecule has 142 valence electrons. The van der Waals surface area contributed by atoms with Gasteiger partial charge in [0, 0.05) is 5.69 Å². The van der Waals surface area contributed by atoms with Gasteiger partial charge in [0.15, 0.2) is 0 Å². The molecule has 0 saturated heterocycles. The van der Waals surface area contributed by atoms with E-state index in [2.05, 4.69) is 15.0 Å². The lowest BCUT2D eigenvalue weighted by Gasteiger charge is -2.14. The first-order valence-electron chi connectivity index (χ1n) is 8.13. The van der Waals surface area contributed by atoms with Gasteiger partial charge in [-0.15, -0.1) is 11.3 Å². The number of carbonyl (C=O) groups excluding carboxylic acids is 1. The summed E-state index contributed by atoms with van der Waals surface area (Å²) >= 11 is 1.53. The number of ether oxygens (including phenoxy) is 1. The van der Waals surface area contributed by atoms with Gasteiger partial charge in [0.25, 0.3) is 0 Å². The highest BCUT2D eigenvalue weighted by molar-refractivity contribution is 7.89. The van der Waals surface area contributed by atoms with Crippen molar-refractivity contribution in [1.29, 1.82) is 0 Å². The van der Waals surface area contributed by atoms with Crippen LogP contribution in [0.1, 0.15) is 11.9 Å². The van der Waals surface area contributed by atoms with E-state index in [0.29, 0.717) is 11.4 Å². The number of anilines is 1. The minimum atomic E-state index is -3.83. The summed E-state index contributed by atoms with van der Waals surface area (Å²) in [5.74, 6) is 0.0983. The maximum absolute atomic E-state index is 12.4. The predicted molar refractivity (Wildman–Crippen MR) is 106 cm³/mol. The van der Waals surface area contributed by atoms with E-state index in [1.807, 2.05) is 19.1 Å². The Morgan fingerprint density at radius 2 is 1.89 bits per heavy atom. The van der Waals surface area contributed by atoms with E-state index in [-0.39, 0.29) is 4.90 Å². The molecule has 1 heterocycles. The molecular formula is C18H19N3O4S2. The Morgan fingerprint density at radius 1 is 1.19 bits per heavy atom. The number of aryl methyl sites for hydroxylation is 1. The van der Waals surface area contributed by atoms with E-state index in [9.17, 15) is 13.2 Å². The molecule has 0 fully saturated rings. The molecule has 3 aromatic rings. The summed E-state index contributed by atoms with van der Waals surface area (Å²) in [4.78, 5) is 16.8. The third-order valence-electron chi connectivity index (χ3n) is 3.86. The second-order valence-corrected chi connectivity index (χ2v) is 8.87. The third-order valence-corrected chi connectivity index (χ3v) is 6.35. The zero-order valence-electron chi connectivity index (χ0n) is 15.0. The number of thiazole rings is 1. The quantitative estimate of drug-likeness (QED) is 0.657. The van der Waals surface area contributed by atoms with Crippen LogP contribution in [-0.4, -0.2) is 32.5 Å². The Labute approximate surface area is 161 Å². The van der Waals surface area contributed by atoms with E-state index in [1.165, 1.54) is 37.5 Å². The van der Waals surface area contributed by atoms with E-state index < -0.39 is 22.0 Å². The lowest BCUT2D eigenvalue weighted by molar-refractivity contribution is -0.117. The van der Waals surface area contributed by atoms with E-state index in [4.69, 9.17) is 4.74 Å². The van der Waals surface area contributed by atoms with Crippen molar-refractivity contribution in [3.63, 3.8) is 0 Å². The summed E-state index contributed by atoms with van der Waals surface area (Å²) in [6.07, 6.45) is 0. The number of rotatable bonds is 6. The van der Waals surface area contributed by atoms with Gasteiger partial charge in [-0.2, -0.15) is 4.72 Å². The maximum Gasteiger partial charge on any atom is 0.242 e. The molecular weight excluding hydrogens is 386 g/mol. The zero-order chi connectivity index (χ0) is 19.6. The number of hydrogen-bond acceptors (Lipinski definition) is 6. The fourth-order valence-electron chi connectivity index (χ4n) is 2.48. The summed E-state index contributed by atoms with van der Waals surface area (Å²) < 4.78 is 33.2. The minimum absolute atomic E-state index is 0.0597. The summed E-state index contributed by atoms with van der Waals surface area (Å²) in [6, 6.07) is 10.4. The Morgan fingerprint density at radius 3 is 2.56 bits per heavy atom. The number of fused-ring (bicyclic) bond motifs is 1. The Hall–Kier alpha value is -2.49. The number of nitrogens with one attached hydrogen (secondary N) is 2. The molecule has 0 aliphatic carbocycles. The average molecular weight is 406 g/mol. The number of hydrogen-bond donors (Lipinski definition) is 2. The molecule has 0 saturated carbocycles. The van der Waals surface area contributed by atoms with Gasteiger partial charge in [0.05, 0.1) is 33.3 Å². The van der Waals surface area contributed by atoms with E-state index in [0.717, 1.165) is 15.2 Å². The third kappa shape index (κ3) is 4.44. The highest BCUT2D eigenvalue weighted by Crippen LogP contribution is 2.25. The summed E-state index contributed by atoms with van der Waals surface area (Å²) in [6.45, 7) is 3.41. The lowest BCUT2D eigenvalue weighted by Crippen LogP contribution is -2.41. The Balaban J connectivity index is 1.69. The highest BCUT2D eigenvalue weighted by Gasteiger charge is 2.22. The predicted octanol–water partition coefficient (Wildman–Crippen LogP) is 2.92. The van der Waals surface area contributed by atoms with Crippen LogP contribution >= 0.6 is 11.3 Å². The largest absolute Gasteiger partial charge is 0.497 e. The van der Waals surface area contributed by atoms with Crippen LogP contribution in [0.2, 0.25) is 0 Å². The Kier molecular flexibility index (Phi) is 5.45. The molecule has 0 aliphatic heterocycles. The second-order valence-electron chi connectivity index (χ2n) is 5.92. The van der Waals surface area contributed by atoms with Gasteiger partial charge < -0.3 is 10.1 Å². The lowest BCUT2D eigenvalue weighted by atomic mass is 10.2. The van der Waals surface area contributed by atoms with Crippen molar-refractivity contribution in [2.24, 2.45) is 0 Å².